The van der Waals surface area contributed by atoms with E-state index in [1.165, 1.54) is 4.90 Å². The van der Waals surface area contributed by atoms with E-state index in [9.17, 15) is 19.5 Å². The molecule has 8 heteroatoms. The summed E-state index contributed by atoms with van der Waals surface area (Å²) in [4.78, 5) is 44.0. The first-order valence-corrected chi connectivity index (χ1v) is 11.8. The first-order valence-electron chi connectivity index (χ1n) is 11.8. The van der Waals surface area contributed by atoms with Crippen LogP contribution in [0.15, 0.2) is 66.8 Å². The third-order valence-corrected chi connectivity index (χ3v) is 7.70. The van der Waals surface area contributed by atoms with Gasteiger partial charge in [0.25, 0.3) is 5.91 Å². The average Bonchev–Trinajstić information content (AvgIpc) is 3.09. The van der Waals surface area contributed by atoms with Crippen LogP contribution in [0.4, 0.5) is 5.69 Å². The number of aliphatic hydroxyl groups is 1. The number of anilines is 1. The molecule has 2 fully saturated rings. The second kappa shape index (κ2) is 7.76. The molecule has 2 aromatic rings. The molecule has 1 spiro atoms. The van der Waals surface area contributed by atoms with Crippen molar-refractivity contribution in [3.63, 3.8) is 0 Å². The summed E-state index contributed by atoms with van der Waals surface area (Å²) in [5.74, 6) is -3.05. The fourth-order valence-electron chi connectivity index (χ4n) is 6.28. The van der Waals surface area contributed by atoms with E-state index < -0.39 is 35.0 Å². The molecule has 1 unspecified atom stereocenters. The quantitative estimate of drug-likeness (QED) is 0.539. The summed E-state index contributed by atoms with van der Waals surface area (Å²) in [6.45, 7) is 1.80. The molecule has 2 saturated heterocycles. The molecule has 0 bridgehead atoms. The summed E-state index contributed by atoms with van der Waals surface area (Å²) >= 11 is 0. The van der Waals surface area contributed by atoms with Gasteiger partial charge in [-0.15, -0.1) is 0 Å². The molecule has 0 saturated carbocycles. The van der Waals surface area contributed by atoms with Gasteiger partial charge in [-0.1, -0.05) is 48.6 Å². The van der Waals surface area contributed by atoms with Crippen LogP contribution in [0.5, 0.6) is 0 Å². The molecule has 5 atom stereocenters. The molecule has 180 valence electrons. The monoisotopic (exact) mass is 474 g/mol. The van der Waals surface area contributed by atoms with Gasteiger partial charge in [0, 0.05) is 18.8 Å². The maximum atomic E-state index is 14.2. The van der Waals surface area contributed by atoms with Gasteiger partial charge in [0.1, 0.15) is 24.2 Å². The smallest absolute Gasteiger partial charge is 0.313 e. The van der Waals surface area contributed by atoms with Crippen molar-refractivity contribution in [2.45, 2.75) is 24.2 Å². The third-order valence-electron chi connectivity index (χ3n) is 7.70. The number of benzene rings is 2. The minimum absolute atomic E-state index is 0.0371. The van der Waals surface area contributed by atoms with Crippen LogP contribution in [0.1, 0.15) is 6.92 Å². The number of hydrogen-bond acceptors (Lipinski definition) is 6. The van der Waals surface area contributed by atoms with Gasteiger partial charge in [0.2, 0.25) is 5.91 Å². The Bertz CT molecular complexity index is 1300. The van der Waals surface area contributed by atoms with E-state index in [0.717, 1.165) is 10.8 Å². The van der Waals surface area contributed by atoms with Crippen LogP contribution in [-0.4, -0.2) is 71.3 Å². The first kappa shape index (κ1) is 22.0. The lowest BCUT2D eigenvalue weighted by Crippen LogP contribution is -2.56. The Kier molecular flexibility index (Phi) is 4.88. The van der Waals surface area contributed by atoms with E-state index in [-0.39, 0.29) is 38.1 Å². The maximum absolute atomic E-state index is 14.2. The number of rotatable bonds is 3. The van der Waals surface area contributed by atoms with E-state index in [0.29, 0.717) is 5.69 Å². The molecule has 35 heavy (non-hydrogen) atoms. The maximum Gasteiger partial charge on any atom is 0.313 e. The number of β-amino-alcohol motifs (C(OH)–C–C–N with tert-alkyl or cyclic N) is 1. The Morgan fingerprint density at radius 1 is 1.00 bits per heavy atom. The Labute approximate surface area is 202 Å². The third kappa shape index (κ3) is 3.03. The van der Waals surface area contributed by atoms with Crippen LogP contribution < -0.4 is 4.90 Å². The van der Waals surface area contributed by atoms with E-state index >= 15 is 0 Å². The fourth-order valence-corrected chi connectivity index (χ4v) is 6.28. The molecule has 0 aliphatic carbocycles. The molecule has 0 radical (unpaired) electrons. The summed E-state index contributed by atoms with van der Waals surface area (Å²) in [6.07, 6.45) is 7.09. The van der Waals surface area contributed by atoms with E-state index in [1.54, 1.807) is 30.1 Å². The predicted octanol–water partition coefficient (Wildman–Crippen LogP) is 1.82. The molecule has 6 rings (SSSR count). The number of nitrogens with zero attached hydrogens (tertiary/aromatic N) is 2. The number of amides is 2. The molecular formula is C27H26N2O6. The Morgan fingerprint density at radius 2 is 1.80 bits per heavy atom. The number of ether oxygens (including phenoxy) is 2. The van der Waals surface area contributed by atoms with Gasteiger partial charge >= 0.3 is 5.97 Å². The molecule has 1 N–H and O–H groups in total. The molecule has 8 nitrogen and oxygen atoms in total. The van der Waals surface area contributed by atoms with Crippen molar-refractivity contribution >= 4 is 34.2 Å². The van der Waals surface area contributed by atoms with E-state index in [1.807, 2.05) is 48.5 Å². The minimum Gasteiger partial charge on any atom is -0.461 e. The van der Waals surface area contributed by atoms with Gasteiger partial charge in [-0.2, -0.15) is 0 Å². The number of cyclic esters (lactones) is 1. The average molecular weight is 475 g/mol. The number of carbonyl (C=O) groups is 3. The van der Waals surface area contributed by atoms with Crippen molar-refractivity contribution in [1.29, 1.82) is 0 Å². The predicted molar refractivity (Wildman–Crippen MR) is 127 cm³/mol. The highest BCUT2D eigenvalue weighted by Crippen LogP contribution is 2.57. The van der Waals surface area contributed by atoms with Gasteiger partial charge in [0.15, 0.2) is 0 Å². The van der Waals surface area contributed by atoms with Crippen molar-refractivity contribution in [1.82, 2.24) is 4.90 Å². The summed E-state index contributed by atoms with van der Waals surface area (Å²) in [5.41, 5.74) is -1.75. The van der Waals surface area contributed by atoms with Gasteiger partial charge in [-0.25, -0.2) is 0 Å². The number of esters is 1. The van der Waals surface area contributed by atoms with Crippen LogP contribution in [0.25, 0.3) is 10.8 Å². The fraction of sp³-hybridized carbons (Fsp3) is 0.370. The van der Waals surface area contributed by atoms with E-state index in [4.69, 9.17) is 9.47 Å². The number of hydrogen-bond donors (Lipinski definition) is 1. The van der Waals surface area contributed by atoms with E-state index in [2.05, 4.69) is 0 Å². The normalized spacial score (nSPS) is 33.9. The SMILES string of the molecule is C[C@@]12C=CCOC(=O)[C@@H]1[C@H]1C(=O)N(CCO)C3C(=O)N(c4ccc5ccccc5c4)CC=C[C@@]31O2. The van der Waals surface area contributed by atoms with Crippen LogP contribution in [0.3, 0.4) is 0 Å². The molecule has 4 aliphatic heterocycles. The van der Waals surface area contributed by atoms with Gasteiger partial charge in [-0.3, -0.25) is 14.4 Å². The summed E-state index contributed by atoms with van der Waals surface area (Å²) in [7, 11) is 0. The van der Waals surface area contributed by atoms with Crippen molar-refractivity contribution in [2.75, 3.05) is 31.2 Å². The molecule has 2 amide bonds. The minimum atomic E-state index is -1.35. The Morgan fingerprint density at radius 3 is 2.60 bits per heavy atom. The Balaban J connectivity index is 1.48. The molecule has 4 aliphatic rings. The lowest BCUT2D eigenvalue weighted by Gasteiger charge is -2.37. The highest BCUT2D eigenvalue weighted by Gasteiger charge is 2.74. The molecule has 4 heterocycles. The van der Waals surface area contributed by atoms with Crippen LogP contribution in [-0.2, 0) is 23.9 Å². The van der Waals surface area contributed by atoms with Crippen LogP contribution >= 0.6 is 0 Å². The number of fused-ring (bicyclic) bond motifs is 3. The standard InChI is InChI=1S/C27H26N2O6/c1-26-10-5-15-34-25(33)21(26)20-23(31)29(13-14-30)22-24(32)28(12-4-11-27(20,22)35-26)19-9-8-17-6-2-3-7-18(17)16-19/h2-11,16,20-22,30H,12-15H2,1H3/t20-,21-,22?,26+,27-/m0/s1. The molecule has 2 aromatic carbocycles. The number of carbonyl (C=O) groups excluding carboxylic acids is 3. The highest BCUT2D eigenvalue weighted by molar-refractivity contribution is 6.06. The zero-order chi connectivity index (χ0) is 24.4. The summed E-state index contributed by atoms with van der Waals surface area (Å²) < 4.78 is 12.0. The number of likely N-dealkylation sites (tertiary alicyclic amines) is 1. The lowest BCUT2D eigenvalue weighted by atomic mass is 9.75. The largest absolute Gasteiger partial charge is 0.461 e. The first-order chi connectivity index (χ1) is 16.9. The Hall–Kier alpha value is -3.49. The van der Waals surface area contributed by atoms with Gasteiger partial charge < -0.3 is 24.4 Å². The topological polar surface area (TPSA) is 96.4 Å². The summed E-state index contributed by atoms with van der Waals surface area (Å²) in [6, 6.07) is 12.7. The molecule has 0 aromatic heterocycles. The highest BCUT2D eigenvalue weighted by atomic mass is 16.6. The van der Waals surface area contributed by atoms with Crippen molar-refractivity contribution in [2.24, 2.45) is 11.8 Å². The van der Waals surface area contributed by atoms with Gasteiger partial charge in [-0.05, 0) is 35.9 Å². The van der Waals surface area contributed by atoms with Crippen LogP contribution in [0, 0.1) is 11.8 Å². The van der Waals surface area contributed by atoms with Crippen LogP contribution in [0.2, 0.25) is 0 Å². The zero-order valence-electron chi connectivity index (χ0n) is 19.3. The van der Waals surface area contributed by atoms with Crippen molar-refractivity contribution in [3.05, 3.63) is 66.8 Å². The van der Waals surface area contributed by atoms with Crippen molar-refractivity contribution < 1.29 is 29.0 Å². The zero-order valence-corrected chi connectivity index (χ0v) is 19.3. The second-order valence-corrected chi connectivity index (χ2v) is 9.67. The summed E-state index contributed by atoms with van der Waals surface area (Å²) in [5, 5.41) is 11.8. The number of aliphatic hydroxyl groups excluding tert-OH is 1. The second-order valence-electron chi connectivity index (χ2n) is 9.67. The van der Waals surface area contributed by atoms with Crippen molar-refractivity contribution in [3.8, 4) is 0 Å². The lowest BCUT2D eigenvalue weighted by molar-refractivity contribution is -0.156. The van der Waals surface area contributed by atoms with Gasteiger partial charge in [0.05, 0.1) is 18.1 Å². The molecular weight excluding hydrogens is 448 g/mol.